The average Bonchev–Trinajstić information content (AvgIpc) is 2.96. The van der Waals surface area contributed by atoms with E-state index in [0.717, 1.165) is 22.8 Å². The van der Waals surface area contributed by atoms with Crippen LogP contribution in [-0.2, 0) is 22.5 Å². The lowest BCUT2D eigenvalue weighted by Gasteiger charge is -1.97. The van der Waals surface area contributed by atoms with E-state index in [0.29, 0.717) is 6.61 Å². The van der Waals surface area contributed by atoms with Crippen LogP contribution in [0.1, 0.15) is 19.5 Å². The Balaban J connectivity index is 2.07. The Morgan fingerprint density at radius 2 is 2.33 bits per heavy atom. The number of rotatable bonds is 5. The number of thiazole rings is 1. The van der Waals surface area contributed by atoms with E-state index in [4.69, 9.17) is 4.74 Å². The van der Waals surface area contributed by atoms with Gasteiger partial charge in [0.2, 0.25) is 0 Å². The fraction of sp³-hybridized carbons (Fsp3) is 0.417. The molecule has 0 aliphatic rings. The van der Waals surface area contributed by atoms with Crippen LogP contribution in [0.3, 0.4) is 0 Å². The predicted molar refractivity (Wildman–Crippen MR) is 69.3 cm³/mol. The van der Waals surface area contributed by atoms with Crippen molar-refractivity contribution in [3.8, 4) is 10.6 Å². The summed E-state index contributed by atoms with van der Waals surface area (Å²) in [5.41, 5.74) is 1.73. The first-order valence-electron chi connectivity index (χ1n) is 5.85. The van der Waals surface area contributed by atoms with Crippen molar-refractivity contribution in [2.45, 2.75) is 26.8 Å². The van der Waals surface area contributed by atoms with Gasteiger partial charge < -0.3 is 4.74 Å². The summed E-state index contributed by atoms with van der Waals surface area (Å²) in [6, 6.07) is 0. The minimum Gasteiger partial charge on any atom is -0.466 e. The van der Waals surface area contributed by atoms with E-state index in [-0.39, 0.29) is 12.4 Å². The number of aryl methyl sites for hydroxylation is 1. The predicted octanol–water partition coefficient (Wildman–Crippen LogP) is 2.13. The standard InChI is InChI=1S/C12H15N3O2S/c1-3-15-7-9(6-13-15)12-14-10(8-18-12)5-11(16)17-4-2/h6-8H,3-5H2,1-2H3. The molecule has 0 aliphatic carbocycles. The number of ether oxygens (including phenoxy) is 1. The van der Waals surface area contributed by atoms with E-state index in [1.807, 2.05) is 23.2 Å². The van der Waals surface area contributed by atoms with Crippen molar-refractivity contribution < 1.29 is 9.53 Å². The van der Waals surface area contributed by atoms with Crippen LogP contribution < -0.4 is 0 Å². The maximum absolute atomic E-state index is 11.3. The van der Waals surface area contributed by atoms with E-state index in [2.05, 4.69) is 10.1 Å². The summed E-state index contributed by atoms with van der Waals surface area (Å²) in [5, 5.41) is 6.97. The fourth-order valence-corrected chi connectivity index (χ4v) is 2.32. The molecule has 0 saturated carbocycles. The molecule has 0 saturated heterocycles. The Labute approximate surface area is 109 Å². The molecule has 0 atom stereocenters. The third-order valence-electron chi connectivity index (χ3n) is 2.39. The molecule has 0 bridgehead atoms. The summed E-state index contributed by atoms with van der Waals surface area (Å²) < 4.78 is 6.74. The Morgan fingerprint density at radius 1 is 1.50 bits per heavy atom. The number of esters is 1. The molecule has 96 valence electrons. The first-order chi connectivity index (χ1) is 8.72. The molecule has 0 radical (unpaired) electrons. The van der Waals surface area contributed by atoms with Gasteiger partial charge in [0, 0.05) is 23.7 Å². The normalized spacial score (nSPS) is 10.6. The van der Waals surface area contributed by atoms with Crippen LogP contribution in [0.25, 0.3) is 10.6 Å². The number of nitrogens with zero attached hydrogens (tertiary/aromatic N) is 3. The zero-order valence-electron chi connectivity index (χ0n) is 10.4. The van der Waals surface area contributed by atoms with Crippen molar-refractivity contribution in [3.05, 3.63) is 23.5 Å². The molecule has 18 heavy (non-hydrogen) atoms. The fourth-order valence-electron chi connectivity index (χ4n) is 1.53. The smallest absolute Gasteiger partial charge is 0.311 e. The lowest BCUT2D eigenvalue weighted by Crippen LogP contribution is -2.07. The number of carbonyl (C=O) groups excluding carboxylic acids is 1. The number of hydrogen-bond donors (Lipinski definition) is 0. The number of aromatic nitrogens is 3. The van der Waals surface area contributed by atoms with Crippen molar-refractivity contribution in [2.75, 3.05) is 6.61 Å². The van der Waals surface area contributed by atoms with Gasteiger partial charge in [-0.3, -0.25) is 9.48 Å². The molecule has 0 spiro atoms. The third-order valence-corrected chi connectivity index (χ3v) is 3.33. The van der Waals surface area contributed by atoms with Gasteiger partial charge in [-0.1, -0.05) is 0 Å². The highest BCUT2D eigenvalue weighted by Gasteiger charge is 2.10. The minimum absolute atomic E-state index is 0.228. The third kappa shape index (κ3) is 2.95. The SMILES string of the molecule is CCOC(=O)Cc1csc(-c2cnn(CC)c2)n1. The second-order valence-corrected chi connectivity index (χ2v) is 4.57. The second-order valence-electron chi connectivity index (χ2n) is 3.71. The summed E-state index contributed by atoms with van der Waals surface area (Å²) in [7, 11) is 0. The van der Waals surface area contributed by atoms with Crippen molar-refractivity contribution in [3.63, 3.8) is 0 Å². The van der Waals surface area contributed by atoms with E-state index in [1.165, 1.54) is 11.3 Å². The van der Waals surface area contributed by atoms with Gasteiger partial charge in [-0.25, -0.2) is 4.98 Å². The van der Waals surface area contributed by atoms with Gasteiger partial charge in [-0.15, -0.1) is 11.3 Å². The molecule has 2 heterocycles. The van der Waals surface area contributed by atoms with Gasteiger partial charge in [0.15, 0.2) is 0 Å². The van der Waals surface area contributed by atoms with E-state index in [9.17, 15) is 4.79 Å². The molecule has 0 unspecified atom stereocenters. The van der Waals surface area contributed by atoms with Crippen LogP contribution in [0.15, 0.2) is 17.8 Å². The van der Waals surface area contributed by atoms with Gasteiger partial charge in [-0.2, -0.15) is 5.10 Å². The van der Waals surface area contributed by atoms with Gasteiger partial charge in [-0.05, 0) is 13.8 Å². The van der Waals surface area contributed by atoms with Crippen molar-refractivity contribution >= 4 is 17.3 Å². The van der Waals surface area contributed by atoms with E-state index in [1.54, 1.807) is 13.1 Å². The summed E-state index contributed by atoms with van der Waals surface area (Å²) in [6.45, 7) is 5.06. The highest BCUT2D eigenvalue weighted by Crippen LogP contribution is 2.23. The monoisotopic (exact) mass is 265 g/mol. The molecular weight excluding hydrogens is 250 g/mol. The molecule has 5 nitrogen and oxygen atoms in total. The lowest BCUT2D eigenvalue weighted by molar-refractivity contribution is -0.142. The largest absolute Gasteiger partial charge is 0.466 e. The second kappa shape index (κ2) is 5.77. The van der Waals surface area contributed by atoms with Crippen molar-refractivity contribution in [1.82, 2.24) is 14.8 Å². The van der Waals surface area contributed by atoms with E-state index < -0.39 is 0 Å². The van der Waals surface area contributed by atoms with Gasteiger partial charge >= 0.3 is 5.97 Å². The Morgan fingerprint density at radius 3 is 3.00 bits per heavy atom. The van der Waals surface area contributed by atoms with Crippen LogP contribution in [0, 0.1) is 0 Å². The van der Waals surface area contributed by atoms with Gasteiger partial charge in [0.1, 0.15) is 5.01 Å². The zero-order valence-corrected chi connectivity index (χ0v) is 11.2. The first-order valence-corrected chi connectivity index (χ1v) is 6.73. The maximum atomic E-state index is 11.3. The molecule has 2 aromatic rings. The van der Waals surface area contributed by atoms with Crippen LogP contribution in [-0.4, -0.2) is 27.3 Å². The average molecular weight is 265 g/mol. The number of hydrogen-bond acceptors (Lipinski definition) is 5. The van der Waals surface area contributed by atoms with Crippen molar-refractivity contribution in [2.24, 2.45) is 0 Å². The van der Waals surface area contributed by atoms with Crippen LogP contribution >= 0.6 is 11.3 Å². The zero-order chi connectivity index (χ0) is 13.0. The van der Waals surface area contributed by atoms with Crippen molar-refractivity contribution in [1.29, 1.82) is 0 Å². The summed E-state index contributed by atoms with van der Waals surface area (Å²) in [4.78, 5) is 15.7. The molecule has 0 aromatic carbocycles. The highest BCUT2D eigenvalue weighted by molar-refractivity contribution is 7.13. The Hall–Kier alpha value is -1.69. The summed E-state index contributed by atoms with van der Waals surface area (Å²) >= 11 is 1.51. The Bertz CT molecular complexity index is 533. The molecule has 0 fully saturated rings. The molecule has 2 rings (SSSR count). The molecule has 2 aromatic heterocycles. The molecule has 6 heteroatoms. The Kier molecular flexibility index (Phi) is 4.09. The molecular formula is C12H15N3O2S. The van der Waals surface area contributed by atoms with Gasteiger partial charge in [0.25, 0.3) is 0 Å². The van der Waals surface area contributed by atoms with Crippen LogP contribution in [0.4, 0.5) is 0 Å². The molecule has 0 aliphatic heterocycles. The van der Waals surface area contributed by atoms with E-state index >= 15 is 0 Å². The quantitative estimate of drug-likeness (QED) is 0.777. The summed E-state index contributed by atoms with van der Waals surface area (Å²) in [5.74, 6) is -0.237. The highest BCUT2D eigenvalue weighted by atomic mass is 32.1. The minimum atomic E-state index is -0.237. The summed E-state index contributed by atoms with van der Waals surface area (Å²) in [6.07, 6.45) is 3.97. The maximum Gasteiger partial charge on any atom is 0.311 e. The first kappa shape index (κ1) is 12.8. The van der Waals surface area contributed by atoms with Crippen LogP contribution in [0.2, 0.25) is 0 Å². The lowest BCUT2D eigenvalue weighted by atomic mass is 10.3. The van der Waals surface area contributed by atoms with Crippen LogP contribution in [0.5, 0.6) is 0 Å². The topological polar surface area (TPSA) is 57.0 Å². The van der Waals surface area contributed by atoms with Gasteiger partial charge in [0.05, 0.1) is 24.9 Å². The molecule has 0 amide bonds. The number of carbonyl (C=O) groups is 1. The molecule has 0 N–H and O–H groups in total.